The molecule has 150 valence electrons. The van der Waals surface area contributed by atoms with E-state index in [0.29, 0.717) is 17.1 Å². The van der Waals surface area contributed by atoms with Crippen LogP contribution in [0.1, 0.15) is 24.3 Å². The number of methoxy groups -OCH3 is 2. The summed E-state index contributed by atoms with van der Waals surface area (Å²) in [5.74, 6) is 1.19. The molecule has 0 saturated heterocycles. The molecule has 2 aromatic carbocycles. The lowest BCUT2D eigenvalue weighted by molar-refractivity contribution is -0.384. The summed E-state index contributed by atoms with van der Waals surface area (Å²) in [6.07, 6.45) is 2.54. The second-order valence-corrected chi connectivity index (χ2v) is 6.06. The number of non-ortho nitro benzene ring substituents is 1. The first-order valence-corrected chi connectivity index (χ1v) is 8.62. The van der Waals surface area contributed by atoms with Crippen molar-refractivity contribution in [3.63, 3.8) is 0 Å². The average molecular weight is 397 g/mol. The van der Waals surface area contributed by atoms with Gasteiger partial charge in [0.05, 0.1) is 19.1 Å². The van der Waals surface area contributed by atoms with Crippen molar-refractivity contribution in [2.45, 2.75) is 13.2 Å². The van der Waals surface area contributed by atoms with E-state index in [9.17, 15) is 14.9 Å². The van der Waals surface area contributed by atoms with E-state index in [0.717, 1.165) is 5.56 Å². The van der Waals surface area contributed by atoms with Gasteiger partial charge < -0.3 is 14.2 Å². The third-order valence-corrected chi connectivity index (χ3v) is 4.21. The number of hydrogen-bond donors (Lipinski definition) is 0. The van der Waals surface area contributed by atoms with Gasteiger partial charge in [-0.25, -0.2) is 0 Å². The van der Waals surface area contributed by atoms with Crippen LogP contribution < -0.4 is 9.47 Å². The topological polar surface area (TPSA) is 104 Å². The number of hydrogen-bond acceptors (Lipinski definition) is 7. The Bertz CT molecular complexity index is 984. The zero-order valence-electron chi connectivity index (χ0n) is 16.1. The molecule has 3 rings (SSSR count). The Labute approximate surface area is 166 Å². The second kappa shape index (κ2) is 8.42. The smallest absolute Gasteiger partial charge is 0.269 e. The molecule has 0 aliphatic carbocycles. The van der Waals surface area contributed by atoms with Crippen LogP contribution in [0.4, 0.5) is 5.69 Å². The number of carbonyl (C=O) groups is 1. The van der Waals surface area contributed by atoms with Crippen molar-refractivity contribution in [2.75, 3.05) is 14.2 Å². The summed E-state index contributed by atoms with van der Waals surface area (Å²) in [6.45, 7) is 1.36. The van der Waals surface area contributed by atoms with Crippen molar-refractivity contribution in [3.05, 3.63) is 69.8 Å². The van der Waals surface area contributed by atoms with Crippen LogP contribution in [0.5, 0.6) is 11.5 Å². The first-order valence-electron chi connectivity index (χ1n) is 8.62. The minimum Gasteiger partial charge on any atom is -0.497 e. The largest absolute Gasteiger partial charge is 0.497 e. The van der Waals surface area contributed by atoms with Crippen molar-refractivity contribution in [1.82, 2.24) is 5.01 Å². The fraction of sp³-hybridized carbons (Fsp3) is 0.200. The molecular formula is C20H19N3O6. The highest BCUT2D eigenvalue weighted by atomic mass is 16.6. The molecule has 1 heterocycles. The van der Waals surface area contributed by atoms with Crippen LogP contribution in [-0.4, -0.2) is 36.0 Å². The molecule has 0 N–H and O–H groups in total. The van der Waals surface area contributed by atoms with Gasteiger partial charge in [-0.2, -0.15) is 5.01 Å². The predicted octanol–water partition coefficient (Wildman–Crippen LogP) is 3.52. The van der Waals surface area contributed by atoms with Gasteiger partial charge in [-0.1, -0.05) is 0 Å². The van der Waals surface area contributed by atoms with Gasteiger partial charge in [-0.3, -0.25) is 14.9 Å². The number of nitro groups is 1. The number of ether oxygens (including phenoxy) is 3. The number of amides is 1. The van der Waals surface area contributed by atoms with E-state index < -0.39 is 11.2 Å². The maximum absolute atomic E-state index is 12.0. The molecule has 1 unspecified atom stereocenters. The lowest BCUT2D eigenvalue weighted by Crippen LogP contribution is -2.25. The summed E-state index contributed by atoms with van der Waals surface area (Å²) in [4.78, 5) is 22.3. The Hall–Kier alpha value is -3.88. The van der Waals surface area contributed by atoms with Crippen molar-refractivity contribution < 1.29 is 23.9 Å². The van der Waals surface area contributed by atoms with E-state index >= 15 is 0 Å². The van der Waals surface area contributed by atoms with Crippen LogP contribution >= 0.6 is 0 Å². The minimum absolute atomic E-state index is 0.0488. The molecule has 0 fully saturated rings. The summed E-state index contributed by atoms with van der Waals surface area (Å²) in [5, 5.41) is 16.2. The molecule has 9 nitrogen and oxygen atoms in total. The molecule has 0 radical (unpaired) electrons. The van der Waals surface area contributed by atoms with Gasteiger partial charge in [0.1, 0.15) is 11.5 Å². The standard InChI is InChI=1S/C20H19N3O6/c1-13(24)22-20(14-4-7-16(8-5-14)23(25)26)29-19(21-22)11-6-15-12-17(27-2)9-10-18(15)28-3/h4-12,20H,1-3H3/b11-6+. The summed E-state index contributed by atoms with van der Waals surface area (Å²) in [5.41, 5.74) is 1.26. The summed E-state index contributed by atoms with van der Waals surface area (Å²) in [7, 11) is 3.13. The zero-order valence-corrected chi connectivity index (χ0v) is 16.1. The average Bonchev–Trinajstić information content (AvgIpc) is 3.16. The van der Waals surface area contributed by atoms with Gasteiger partial charge in [-0.15, -0.1) is 5.10 Å². The maximum Gasteiger partial charge on any atom is 0.269 e. The van der Waals surface area contributed by atoms with Gasteiger partial charge in [-0.05, 0) is 36.4 Å². The van der Waals surface area contributed by atoms with Crippen molar-refractivity contribution in [3.8, 4) is 11.5 Å². The third-order valence-electron chi connectivity index (χ3n) is 4.21. The highest BCUT2D eigenvalue weighted by Crippen LogP contribution is 2.31. The van der Waals surface area contributed by atoms with E-state index in [2.05, 4.69) is 5.10 Å². The second-order valence-electron chi connectivity index (χ2n) is 6.06. The molecule has 2 aromatic rings. The van der Waals surface area contributed by atoms with Gasteiger partial charge in [0, 0.05) is 36.3 Å². The molecule has 0 aromatic heterocycles. The van der Waals surface area contributed by atoms with E-state index in [4.69, 9.17) is 14.2 Å². The fourth-order valence-electron chi connectivity index (χ4n) is 2.76. The Morgan fingerprint density at radius 2 is 1.90 bits per heavy atom. The number of carbonyl (C=O) groups excluding carboxylic acids is 1. The number of nitro benzene ring substituents is 1. The monoisotopic (exact) mass is 397 g/mol. The number of nitrogens with zero attached hydrogens (tertiary/aromatic N) is 3. The Morgan fingerprint density at radius 3 is 2.48 bits per heavy atom. The Morgan fingerprint density at radius 1 is 1.17 bits per heavy atom. The predicted molar refractivity (Wildman–Crippen MR) is 105 cm³/mol. The van der Waals surface area contributed by atoms with Crippen LogP contribution in [0.25, 0.3) is 6.08 Å². The molecule has 29 heavy (non-hydrogen) atoms. The van der Waals surface area contributed by atoms with Crippen LogP contribution in [0.2, 0.25) is 0 Å². The normalized spacial score (nSPS) is 15.8. The van der Waals surface area contributed by atoms with Gasteiger partial charge >= 0.3 is 0 Å². The highest BCUT2D eigenvalue weighted by Gasteiger charge is 2.31. The van der Waals surface area contributed by atoms with E-state index in [-0.39, 0.29) is 17.5 Å². The molecule has 1 aliphatic heterocycles. The zero-order chi connectivity index (χ0) is 21.0. The van der Waals surface area contributed by atoms with Crippen LogP contribution in [0.15, 0.2) is 53.6 Å². The first kappa shape index (κ1) is 19.9. The minimum atomic E-state index is -0.805. The molecule has 0 spiro atoms. The SMILES string of the molecule is COc1ccc(OC)c(/C=C/C2=NN(C(C)=O)C(c3ccc([N+](=O)[O-])cc3)O2)c1. The molecule has 9 heteroatoms. The number of benzene rings is 2. The number of hydrazone groups is 1. The van der Waals surface area contributed by atoms with E-state index in [1.807, 2.05) is 0 Å². The van der Waals surface area contributed by atoms with Crippen LogP contribution in [-0.2, 0) is 9.53 Å². The maximum atomic E-state index is 12.0. The summed E-state index contributed by atoms with van der Waals surface area (Å²) in [6, 6.07) is 11.1. The Kier molecular flexibility index (Phi) is 5.77. The van der Waals surface area contributed by atoms with Gasteiger partial charge in [0.2, 0.25) is 18.0 Å². The molecular weight excluding hydrogens is 378 g/mol. The molecule has 1 atom stereocenters. The van der Waals surface area contributed by atoms with Crippen molar-refractivity contribution in [2.24, 2.45) is 5.10 Å². The molecule has 1 aliphatic rings. The van der Waals surface area contributed by atoms with Crippen LogP contribution in [0.3, 0.4) is 0 Å². The lowest BCUT2D eigenvalue weighted by atomic mass is 10.1. The van der Waals surface area contributed by atoms with Gasteiger partial charge in [0.25, 0.3) is 5.69 Å². The van der Waals surface area contributed by atoms with Crippen molar-refractivity contribution >= 4 is 23.6 Å². The molecule has 0 bridgehead atoms. The molecule has 0 saturated carbocycles. The van der Waals surface area contributed by atoms with Gasteiger partial charge in [0.15, 0.2) is 0 Å². The first-order chi connectivity index (χ1) is 13.9. The lowest BCUT2D eigenvalue weighted by Gasteiger charge is -2.18. The summed E-state index contributed by atoms with van der Waals surface area (Å²) < 4.78 is 16.4. The van der Waals surface area contributed by atoms with E-state index in [1.54, 1.807) is 44.6 Å². The molecule has 1 amide bonds. The van der Waals surface area contributed by atoms with Crippen LogP contribution in [0, 0.1) is 10.1 Å². The number of rotatable bonds is 6. The third kappa shape index (κ3) is 4.34. The fourth-order valence-corrected chi connectivity index (χ4v) is 2.76. The van der Waals surface area contributed by atoms with E-state index in [1.165, 1.54) is 36.2 Å². The van der Waals surface area contributed by atoms with Crippen molar-refractivity contribution in [1.29, 1.82) is 0 Å². The Balaban J connectivity index is 1.84. The quantitative estimate of drug-likeness (QED) is 0.546. The highest BCUT2D eigenvalue weighted by molar-refractivity contribution is 5.94. The summed E-state index contributed by atoms with van der Waals surface area (Å²) >= 11 is 0.